The fraction of sp³-hybridized carbons (Fsp3) is 0.900. The Labute approximate surface area is 74.9 Å². The van der Waals surface area contributed by atoms with Crippen LogP contribution in [0.5, 0.6) is 0 Å². The van der Waals surface area contributed by atoms with Crippen molar-refractivity contribution in [3.63, 3.8) is 0 Å². The molecular weight excluding hydrogens is 150 g/mol. The predicted molar refractivity (Wildman–Crippen MR) is 50.2 cm³/mol. The molecule has 0 aromatic carbocycles. The summed E-state index contributed by atoms with van der Waals surface area (Å²) in [5, 5.41) is 0. The molecule has 2 unspecified atom stereocenters. The minimum absolute atomic E-state index is 0.146. The molecule has 0 aromatic rings. The van der Waals surface area contributed by atoms with Crippen molar-refractivity contribution >= 4 is 5.78 Å². The monoisotopic (exact) mass is 169 g/mol. The summed E-state index contributed by atoms with van der Waals surface area (Å²) in [6.07, 6.45) is 3.17. The van der Waals surface area contributed by atoms with Crippen molar-refractivity contribution in [3.05, 3.63) is 0 Å². The van der Waals surface area contributed by atoms with E-state index in [0.717, 1.165) is 6.54 Å². The average molecular weight is 169 g/mol. The standard InChI is InChI=1S/C10H19NO/c1-4-10(12)9(3)11-7-5-6-8(11)2/h8-9H,4-7H2,1-3H3. The molecular formula is C10H19NO. The number of carbonyl (C=O) groups is 1. The maximum Gasteiger partial charge on any atom is 0.149 e. The third-order valence-electron chi connectivity index (χ3n) is 2.92. The molecule has 1 saturated heterocycles. The number of nitrogens with zero attached hydrogens (tertiary/aromatic N) is 1. The molecule has 1 aliphatic heterocycles. The zero-order valence-corrected chi connectivity index (χ0v) is 8.34. The van der Waals surface area contributed by atoms with Crippen LogP contribution in [0.3, 0.4) is 0 Å². The van der Waals surface area contributed by atoms with Crippen LogP contribution < -0.4 is 0 Å². The molecule has 1 heterocycles. The lowest BCUT2D eigenvalue weighted by Gasteiger charge is -2.26. The summed E-state index contributed by atoms with van der Waals surface area (Å²) in [7, 11) is 0. The fourth-order valence-electron chi connectivity index (χ4n) is 2.01. The van der Waals surface area contributed by atoms with Gasteiger partial charge < -0.3 is 0 Å². The van der Waals surface area contributed by atoms with Crippen molar-refractivity contribution in [2.24, 2.45) is 0 Å². The van der Waals surface area contributed by atoms with E-state index in [1.807, 2.05) is 13.8 Å². The lowest BCUT2D eigenvalue weighted by Crippen LogP contribution is -2.40. The van der Waals surface area contributed by atoms with Crippen molar-refractivity contribution in [3.8, 4) is 0 Å². The molecule has 2 nitrogen and oxygen atoms in total. The molecule has 70 valence electrons. The Morgan fingerprint density at radius 1 is 1.67 bits per heavy atom. The summed E-state index contributed by atoms with van der Waals surface area (Å²) in [5.41, 5.74) is 0. The Bertz CT molecular complexity index is 167. The molecule has 1 fully saturated rings. The minimum Gasteiger partial charge on any atom is -0.298 e. The number of hydrogen-bond acceptors (Lipinski definition) is 2. The van der Waals surface area contributed by atoms with Crippen molar-refractivity contribution in [2.45, 2.75) is 52.1 Å². The molecule has 0 aromatic heterocycles. The highest BCUT2D eigenvalue weighted by Crippen LogP contribution is 2.19. The molecule has 0 N–H and O–H groups in total. The van der Waals surface area contributed by atoms with Gasteiger partial charge in [-0.1, -0.05) is 6.92 Å². The van der Waals surface area contributed by atoms with Gasteiger partial charge in [-0.15, -0.1) is 0 Å². The highest BCUT2D eigenvalue weighted by atomic mass is 16.1. The van der Waals surface area contributed by atoms with Crippen molar-refractivity contribution in [2.75, 3.05) is 6.54 Å². The van der Waals surface area contributed by atoms with E-state index in [2.05, 4.69) is 11.8 Å². The Morgan fingerprint density at radius 2 is 2.33 bits per heavy atom. The van der Waals surface area contributed by atoms with Gasteiger partial charge in [-0.2, -0.15) is 0 Å². The molecule has 0 spiro atoms. The van der Waals surface area contributed by atoms with Gasteiger partial charge in [0.05, 0.1) is 6.04 Å². The minimum atomic E-state index is 0.146. The van der Waals surface area contributed by atoms with Gasteiger partial charge in [0.25, 0.3) is 0 Å². The lowest BCUT2D eigenvalue weighted by molar-refractivity contribution is -0.123. The Hall–Kier alpha value is -0.370. The Balaban J connectivity index is 2.51. The third kappa shape index (κ3) is 1.86. The first-order valence-corrected chi connectivity index (χ1v) is 4.95. The van der Waals surface area contributed by atoms with Crippen LogP contribution in [-0.2, 0) is 4.79 Å². The largest absolute Gasteiger partial charge is 0.298 e. The van der Waals surface area contributed by atoms with Gasteiger partial charge in [0.1, 0.15) is 5.78 Å². The first kappa shape index (κ1) is 9.72. The molecule has 12 heavy (non-hydrogen) atoms. The third-order valence-corrected chi connectivity index (χ3v) is 2.92. The lowest BCUT2D eigenvalue weighted by atomic mass is 10.1. The number of rotatable bonds is 3. The van der Waals surface area contributed by atoms with Gasteiger partial charge in [-0.05, 0) is 33.2 Å². The van der Waals surface area contributed by atoms with Crippen molar-refractivity contribution in [1.29, 1.82) is 0 Å². The maximum absolute atomic E-state index is 11.4. The normalized spacial score (nSPS) is 27.4. The van der Waals surface area contributed by atoms with Crippen LogP contribution in [0.4, 0.5) is 0 Å². The molecule has 0 aliphatic carbocycles. The van der Waals surface area contributed by atoms with E-state index >= 15 is 0 Å². The fourth-order valence-corrected chi connectivity index (χ4v) is 2.01. The van der Waals surface area contributed by atoms with Crippen LogP contribution in [0.25, 0.3) is 0 Å². The summed E-state index contributed by atoms with van der Waals surface area (Å²) in [4.78, 5) is 13.7. The SMILES string of the molecule is CCC(=O)C(C)N1CCCC1C. The molecule has 1 aliphatic rings. The molecule has 2 heteroatoms. The van der Waals surface area contributed by atoms with E-state index < -0.39 is 0 Å². The number of Topliss-reactive ketones (excluding diaryl/α,β-unsaturated/α-hetero) is 1. The van der Waals surface area contributed by atoms with Crippen LogP contribution >= 0.6 is 0 Å². The average Bonchev–Trinajstić information content (AvgIpc) is 2.48. The van der Waals surface area contributed by atoms with Crippen LogP contribution in [0, 0.1) is 0 Å². The molecule has 1 rings (SSSR count). The summed E-state index contributed by atoms with van der Waals surface area (Å²) in [6, 6.07) is 0.753. The number of hydrogen-bond donors (Lipinski definition) is 0. The van der Waals surface area contributed by atoms with Gasteiger partial charge in [0, 0.05) is 12.5 Å². The Morgan fingerprint density at radius 3 is 2.75 bits per heavy atom. The first-order chi connectivity index (χ1) is 5.66. The number of ketones is 1. The van der Waals surface area contributed by atoms with E-state index in [4.69, 9.17) is 0 Å². The molecule has 0 amide bonds. The van der Waals surface area contributed by atoms with Crippen molar-refractivity contribution < 1.29 is 4.79 Å². The smallest absolute Gasteiger partial charge is 0.149 e. The molecule has 0 bridgehead atoms. The second-order valence-electron chi connectivity index (χ2n) is 3.72. The molecule has 0 radical (unpaired) electrons. The van der Waals surface area contributed by atoms with Crippen LogP contribution in [0.1, 0.15) is 40.0 Å². The summed E-state index contributed by atoms with van der Waals surface area (Å²) < 4.78 is 0. The first-order valence-electron chi connectivity index (χ1n) is 4.95. The topological polar surface area (TPSA) is 20.3 Å². The van der Waals surface area contributed by atoms with E-state index in [1.165, 1.54) is 12.8 Å². The van der Waals surface area contributed by atoms with E-state index in [-0.39, 0.29) is 6.04 Å². The molecule has 0 saturated carbocycles. The highest BCUT2D eigenvalue weighted by Gasteiger charge is 2.27. The van der Waals surface area contributed by atoms with Crippen molar-refractivity contribution in [1.82, 2.24) is 4.90 Å². The summed E-state index contributed by atoms with van der Waals surface area (Å²) in [5.74, 6) is 0.378. The van der Waals surface area contributed by atoms with Gasteiger partial charge >= 0.3 is 0 Å². The van der Waals surface area contributed by atoms with E-state index in [9.17, 15) is 4.79 Å². The highest BCUT2D eigenvalue weighted by molar-refractivity contribution is 5.83. The van der Waals surface area contributed by atoms with E-state index in [0.29, 0.717) is 18.2 Å². The Kier molecular flexibility index (Phi) is 3.27. The van der Waals surface area contributed by atoms with Gasteiger partial charge in [-0.3, -0.25) is 9.69 Å². The summed E-state index contributed by atoms with van der Waals surface area (Å²) in [6.45, 7) is 7.30. The molecule has 2 atom stereocenters. The number of likely N-dealkylation sites (tertiary alicyclic amines) is 1. The zero-order valence-electron chi connectivity index (χ0n) is 8.34. The quantitative estimate of drug-likeness (QED) is 0.642. The van der Waals surface area contributed by atoms with Crippen LogP contribution in [-0.4, -0.2) is 29.3 Å². The predicted octanol–water partition coefficient (Wildman–Crippen LogP) is 1.84. The second kappa shape index (κ2) is 4.04. The summed E-state index contributed by atoms with van der Waals surface area (Å²) >= 11 is 0. The zero-order chi connectivity index (χ0) is 9.14. The maximum atomic E-state index is 11.4. The van der Waals surface area contributed by atoms with Gasteiger partial charge in [0.15, 0.2) is 0 Å². The van der Waals surface area contributed by atoms with Gasteiger partial charge in [-0.25, -0.2) is 0 Å². The van der Waals surface area contributed by atoms with Crippen LogP contribution in [0.2, 0.25) is 0 Å². The van der Waals surface area contributed by atoms with Crippen LogP contribution in [0.15, 0.2) is 0 Å². The second-order valence-corrected chi connectivity index (χ2v) is 3.72. The van der Waals surface area contributed by atoms with Gasteiger partial charge in [0.2, 0.25) is 0 Å². The number of carbonyl (C=O) groups excluding carboxylic acids is 1. The van der Waals surface area contributed by atoms with E-state index in [1.54, 1.807) is 0 Å².